The fourth-order valence-corrected chi connectivity index (χ4v) is 2.33. The number of aliphatic carboxylic acids is 1. The van der Waals surface area contributed by atoms with Crippen LogP contribution in [0.4, 0.5) is 11.4 Å². The smallest absolute Gasteiger partial charge is 0.305 e. The maximum absolute atomic E-state index is 11.9. The van der Waals surface area contributed by atoms with Crippen LogP contribution in [0.3, 0.4) is 0 Å². The van der Waals surface area contributed by atoms with E-state index in [2.05, 4.69) is 5.32 Å². The molecule has 0 spiro atoms. The summed E-state index contributed by atoms with van der Waals surface area (Å²) in [4.78, 5) is 24.5. The van der Waals surface area contributed by atoms with Crippen LogP contribution in [0.1, 0.15) is 17.5 Å². The van der Waals surface area contributed by atoms with Crippen LogP contribution >= 0.6 is 0 Å². The van der Waals surface area contributed by atoms with Crippen LogP contribution in [-0.2, 0) is 9.59 Å². The van der Waals surface area contributed by atoms with E-state index in [1.54, 1.807) is 11.9 Å². The highest BCUT2D eigenvalue weighted by atomic mass is 16.4. The number of carboxylic acids is 1. The molecule has 1 amide bonds. The maximum atomic E-state index is 11.9. The predicted octanol–water partition coefficient (Wildman–Crippen LogP) is 1.54. The van der Waals surface area contributed by atoms with E-state index in [0.717, 1.165) is 22.5 Å². The molecule has 1 atom stereocenters. The van der Waals surface area contributed by atoms with E-state index in [-0.39, 0.29) is 12.3 Å². The molecule has 1 aliphatic heterocycles. The zero-order chi connectivity index (χ0) is 13.4. The number of amides is 1. The topological polar surface area (TPSA) is 69.6 Å². The highest BCUT2D eigenvalue weighted by molar-refractivity contribution is 6.05. The fourth-order valence-electron chi connectivity index (χ4n) is 2.33. The molecule has 2 N–H and O–H groups in total. The SMILES string of the molecule is Cc1cc(C)c2c(c1)N(C)C(CC(=O)O)C(=O)N2. The van der Waals surface area contributed by atoms with Gasteiger partial charge in [0.1, 0.15) is 6.04 Å². The van der Waals surface area contributed by atoms with E-state index in [1.807, 2.05) is 26.0 Å². The molecule has 0 bridgehead atoms. The molecule has 5 nitrogen and oxygen atoms in total. The second-order valence-electron chi connectivity index (χ2n) is 4.69. The van der Waals surface area contributed by atoms with Gasteiger partial charge in [-0.15, -0.1) is 0 Å². The number of carbonyl (C=O) groups is 2. The summed E-state index contributed by atoms with van der Waals surface area (Å²) in [6, 6.07) is 3.29. The van der Waals surface area contributed by atoms with Gasteiger partial charge in [0, 0.05) is 7.05 Å². The summed E-state index contributed by atoms with van der Waals surface area (Å²) in [5, 5.41) is 11.6. The standard InChI is InChI=1S/C13H16N2O3/c1-7-4-8(2)12-9(5-7)15(3)10(6-11(16)17)13(18)14-12/h4-5,10H,6H2,1-3H3,(H,14,18)(H,16,17). The lowest BCUT2D eigenvalue weighted by atomic mass is 10.0. The average Bonchev–Trinajstić information content (AvgIpc) is 2.26. The van der Waals surface area contributed by atoms with Crippen molar-refractivity contribution in [3.63, 3.8) is 0 Å². The van der Waals surface area contributed by atoms with Crippen LogP contribution in [0.2, 0.25) is 0 Å². The Morgan fingerprint density at radius 1 is 1.44 bits per heavy atom. The summed E-state index contributed by atoms with van der Waals surface area (Å²) in [6.07, 6.45) is -0.200. The third-order valence-corrected chi connectivity index (χ3v) is 3.23. The van der Waals surface area contributed by atoms with Gasteiger partial charge in [0.05, 0.1) is 17.8 Å². The van der Waals surface area contributed by atoms with Crippen LogP contribution in [0.25, 0.3) is 0 Å². The number of fused-ring (bicyclic) bond motifs is 1. The Morgan fingerprint density at radius 3 is 2.72 bits per heavy atom. The van der Waals surface area contributed by atoms with E-state index in [4.69, 9.17) is 5.11 Å². The number of hydrogen-bond acceptors (Lipinski definition) is 3. The van der Waals surface area contributed by atoms with E-state index >= 15 is 0 Å². The van der Waals surface area contributed by atoms with Gasteiger partial charge in [0.25, 0.3) is 0 Å². The summed E-state index contributed by atoms with van der Waals surface area (Å²) >= 11 is 0. The molecule has 0 saturated heterocycles. The number of nitrogens with zero attached hydrogens (tertiary/aromatic N) is 1. The molecule has 18 heavy (non-hydrogen) atoms. The molecule has 0 fully saturated rings. The van der Waals surface area contributed by atoms with E-state index in [9.17, 15) is 9.59 Å². The summed E-state index contributed by atoms with van der Waals surface area (Å²) < 4.78 is 0. The first-order valence-electron chi connectivity index (χ1n) is 5.77. The molecule has 0 saturated carbocycles. The van der Waals surface area contributed by atoms with Crippen molar-refractivity contribution in [2.75, 3.05) is 17.3 Å². The van der Waals surface area contributed by atoms with Gasteiger partial charge < -0.3 is 15.3 Å². The van der Waals surface area contributed by atoms with Gasteiger partial charge in [-0.05, 0) is 31.0 Å². The van der Waals surface area contributed by atoms with Crippen molar-refractivity contribution in [2.24, 2.45) is 0 Å². The van der Waals surface area contributed by atoms with Gasteiger partial charge in [0.2, 0.25) is 5.91 Å². The summed E-state index contributed by atoms with van der Waals surface area (Å²) in [5.41, 5.74) is 3.72. The van der Waals surface area contributed by atoms with Crippen molar-refractivity contribution < 1.29 is 14.7 Å². The number of nitrogens with one attached hydrogen (secondary N) is 1. The van der Waals surface area contributed by atoms with E-state index in [1.165, 1.54) is 0 Å². The van der Waals surface area contributed by atoms with Crippen LogP contribution in [0.5, 0.6) is 0 Å². The Balaban J connectivity index is 2.45. The molecule has 1 unspecified atom stereocenters. The van der Waals surface area contributed by atoms with Crippen molar-refractivity contribution in [1.29, 1.82) is 0 Å². The number of aryl methyl sites for hydroxylation is 2. The molecular formula is C13H16N2O3. The number of hydrogen-bond donors (Lipinski definition) is 2. The second-order valence-corrected chi connectivity index (χ2v) is 4.69. The zero-order valence-corrected chi connectivity index (χ0v) is 10.7. The van der Waals surface area contributed by atoms with Gasteiger partial charge in [-0.1, -0.05) is 6.07 Å². The van der Waals surface area contributed by atoms with Gasteiger partial charge in [-0.2, -0.15) is 0 Å². The number of rotatable bonds is 2. The monoisotopic (exact) mass is 248 g/mol. The number of anilines is 2. The van der Waals surface area contributed by atoms with E-state index < -0.39 is 12.0 Å². The number of carboxylic acid groups (broad SMARTS) is 1. The Kier molecular flexibility index (Phi) is 2.98. The summed E-state index contributed by atoms with van der Waals surface area (Å²) in [7, 11) is 1.75. The molecular weight excluding hydrogens is 232 g/mol. The first-order chi connectivity index (χ1) is 8.40. The first-order valence-corrected chi connectivity index (χ1v) is 5.77. The minimum atomic E-state index is -0.977. The van der Waals surface area contributed by atoms with Crippen molar-refractivity contribution in [3.05, 3.63) is 23.3 Å². The van der Waals surface area contributed by atoms with Crippen molar-refractivity contribution in [3.8, 4) is 0 Å². The van der Waals surface area contributed by atoms with Gasteiger partial charge in [-0.25, -0.2) is 0 Å². The van der Waals surface area contributed by atoms with Crippen LogP contribution < -0.4 is 10.2 Å². The Morgan fingerprint density at radius 2 is 2.11 bits per heavy atom. The lowest BCUT2D eigenvalue weighted by Crippen LogP contribution is -2.47. The van der Waals surface area contributed by atoms with Gasteiger partial charge in [0.15, 0.2) is 0 Å². The molecule has 1 heterocycles. The van der Waals surface area contributed by atoms with Crippen molar-refractivity contribution in [2.45, 2.75) is 26.3 Å². The highest BCUT2D eigenvalue weighted by Crippen LogP contribution is 2.35. The fraction of sp³-hybridized carbons (Fsp3) is 0.385. The molecule has 2 rings (SSSR count). The quantitative estimate of drug-likeness (QED) is 0.832. The normalized spacial score (nSPS) is 18.3. The second kappa shape index (κ2) is 4.33. The van der Waals surface area contributed by atoms with Crippen LogP contribution in [0.15, 0.2) is 12.1 Å². The van der Waals surface area contributed by atoms with Crippen LogP contribution in [0, 0.1) is 13.8 Å². The van der Waals surface area contributed by atoms with Gasteiger partial charge >= 0.3 is 5.97 Å². The van der Waals surface area contributed by atoms with Crippen molar-refractivity contribution in [1.82, 2.24) is 0 Å². The summed E-state index contributed by atoms with van der Waals surface area (Å²) in [6.45, 7) is 3.90. The Hall–Kier alpha value is -2.04. The lowest BCUT2D eigenvalue weighted by molar-refractivity contribution is -0.138. The molecule has 1 aromatic carbocycles. The average molecular weight is 248 g/mol. The first kappa shape index (κ1) is 12.4. The van der Waals surface area contributed by atoms with Crippen molar-refractivity contribution >= 4 is 23.3 Å². The molecule has 0 aromatic heterocycles. The largest absolute Gasteiger partial charge is 0.481 e. The summed E-state index contributed by atoms with van der Waals surface area (Å²) in [5.74, 6) is -1.24. The molecule has 5 heteroatoms. The lowest BCUT2D eigenvalue weighted by Gasteiger charge is -2.35. The minimum Gasteiger partial charge on any atom is -0.481 e. The van der Waals surface area contributed by atoms with E-state index in [0.29, 0.717) is 0 Å². The zero-order valence-electron chi connectivity index (χ0n) is 10.7. The third-order valence-electron chi connectivity index (χ3n) is 3.23. The molecule has 0 aliphatic carbocycles. The third kappa shape index (κ3) is 2.03. The predicted molar refractivity (Wildman–Crippen MR) is 69.0 cm³/mol. The highest BCUT2D eigenvalue weighted by Gasteiger charge is 2.33. The molecule has 0 radical (unpaired) electrons. The maximum Gasteiger partial charge on any atom is 0.305 e. The number of benzene rings is 1. The number of carbonyl (C=O) groups excluding carboxylic acids is 1. The Bertz CT molecular complexity index is 525. The number of likely N-dealkylation sites (N-methyl/N-ethyl adjacent to an activating group) is 1. The minimum absolute atomic E-state index is 0.200. The molecule has 1 aliphatic rings. The Labute approximate surface area is 105 Å². The van der Waals surface area contributed by atoms with Gasteiger partial charge in [-0.3, -0.25) is 9.59 Å². The molecule has 96 valence electrons. The van der Waals surface area contributed by atoms with Crippen LogP contribution in [-0.4, -0.2) is 30.1 Å². The molecule has 1 aromatic rings.